The van der Waals surface area contributed by atoms with Crippen molar-refractivity contribution in [3.05, 3.63) is 0 Å². The molecule has 1 heterocycles. The van der Waals surface area contributed by atoms with Crippen LogP contribution in [-0.4, -0.2) is 25.6 Å². The van der Waals surface area contributed by atoms with E-state index in [1.54, 1.807) is 0 Å². The van der Waals surface area contributed by atoms with Crippen LogP contribution in [0.15, 0.2) is 4.99 Å². The number of halogens is 3. The van der Waals surface area contributed by atoms with Gasteiger partial charge in [-0.25, -0.2) is 0 Å². The van der Waals surface area contributed by atoms with E-state index in [9.17, 15) is 13.2 Å². The van der Waals surface area contributed by atoms with E-state index in [4.69, 9.17) is 0 Å². The summed E-state index contributed by atoms with van der Waals surface area (Å²) in [6, 6.07) is 0. The fourth-order valence-corrected chi connectivity index (χ4v) is 0.485. The molecule has 0 amide bonds. The summed E-state index contributed by atoms with van der Waals surface area (Å²) >= 11 is 0. The van der Waals surface area contributed by atoms with Gasteiger partial charge in [0.05, 0.1) is 6.21 Å². The van der Waals surface area contributed by atoms with Crippen LogP contribution in [0.4, 0.5) is 13.2 Å². The van der Waals surface area contributed by atoms with Crippen molar-refractivity contribution in [2.45, 2.75) is 12.7 Å². The summed E-state index contributed by atoms with van der Waals surface area (Å²) < 4.78 is 41.8. The molecule has 0 saturated carbocycles. The van der Waals surface area contributed by atoms with Crippen molar-refractivity contribution in [1.82, 2.24) is 0 Å². The Morgan fingerprint density at radius 3 is 2.70 bits per heavy atom. The minimum atomic E-state index is -4.65. The first kappa shape index (κ1) is 7.49. The Kier molecular flexibility index (Phi) is 1.91. The van der Waals surface area contributed by atoms with Gasteiger partial charge in [-0.15, -0.1) is 13.2 Å². The summed E-state index contributed by atoms with van der Waals surface area (Å²) in [7, 11) is 0. The van der Waals surface area contributed by atoms with Crippen LogP contribution in [0.25, 0.3) is 0 Å². The highest BCUT2D eigenvalue weighted by Gasteiger charge is 2.34. The molecule has 1 aliphatic heterocycles. The monoisotopic (exact) mass is 155 g/mol. The number of nitrogens with zero attached hydrogens (tertiary/aromatic N) is 1. The Hall–Kier alpha value is -0.620. The first-order valence-corrected chi connectivity index (χ1v) is 2.44. The van der Waals surface area contributed by atoms with E-state index in [1.165, 1.54) is 0 Å². The highest BCUT2D eigenvalue weighted by molar-refractivity contribution is 5.62. The van der Waals surface area contributed by atoms with Crippen molar-refractivity contribution in [1.29, 1.82) is 0 Å². The molecule has 0 fully saturated rings. The lowest BCUT2D eigenvalue weighted by molar-refractivity contribution is -0.360. The molecule has 0 aromatic heterocycles. The van der Waals surface area contributed by atoms with Crippen molar-refractivity contribution < 1.29 is 22.6 Å². The molecular formula is C4H4F3NO2. The zero-order chi connectivity index (χ0) is 7.61. The van der Waals surface area contributed by atoms with Crippen LogP contribution in [0, 0.1) is 0 Å². The Morgan fingerprint density at radius 1 is 1.60 bits per heavy atom. The van der Waals surface area contributed by atoms with Crippen LogP contribution < -0.4 is 0 Å². The van der Waals surface area contributed by atoms with E-state index in [2.05, 4.69) is 14.5 Å². The average Bonchev–Trinajstić information content (AvgIpc) is 2.12. The summed E-state index contributed by atoms with van der Waals surface area (Å²) in [6.45, 7) is -0.0687. The topological polar surface area (TPSA) is 30.8 Å². The molecule has 1 rings (SSSR count). The molecule has 58 valence electrons. The van der Waals surface area contributed by atoms with E-state index in [0.29, 0.717) is 0 Å². The van der Waals surface area contributed by atoms with Gasteiger partial charge in [-0.05, 0) is 0 Å². The highest BCUT2D eigenvalue weighted by Crippen LogP contribution is 2.19. The molecule has 0 aromatic carbocycles. The number of hydrogen-bond donors (Lipinski definition) is 0. The van der Waals surface area contributed by atoms with E-state index >= 15 is 0 Å². The summed E-state index contributed by atoms with van der Waals surface area (Å²) in [5.74, 6) is 0. The maximum Gasteiger partial charge on any atom is 0.525 e. The predicted octanol–water partition coefficient (Wildman–Crippen LogP) is 0.907. The maximum absolute atomic E-state index is 11.3. The zero-order valence-corrected chi connectivity index (χ0v) is 4.76. The summed E-state index contributed by atoms with van der Waals surface area (Å²) in [6.07, 6.45) is -5.05. The molecule has 0 radical (unpaired) electrons. The second kappa shape index (κ2) is 2.55. The van der Waals surface area contributed by atoms with Crippen LogP contribution >= 0.6 is 0 Å². The van der Waals surface area contributed by atoms with Gasteiger partial charge in [-0.2, -0.15) is 0 Å². The Labute approximate surface area is 54.4 Å². The SMILES string of the molecule is FC(F)(F)OC1C=NCO1. The lowest BCUT2D eigenvalue weighted by atomic mass is 10.7. The third kappa shape index (κ3) is 2.32. The molecule has 0 saturated heterocycles. The van der Waals surface area contributed by atoms with Gasteiger partial charge in [0.25, 0.3) is 0 Å². The molecule has 0 aliphatic carbocycles. The first-order valence-electron chi connectivity index (χ1n) is 2.44. The fourth-order valence-electron chi connectivity index (χ4n) is 0.485. The zero-order valence-electron chi connectivity index (χ0n) is 4.76. The molecule has 1 atom stereocenters. The van der Waals surface area contributed by atoms with Gasteiger partial charge < -0.3 is 4.74 Å². The summed E-state index contributed by atoms with van der Waals surface area (Å²) in [5, 5.41) is 0. The lowest BCUT2D eigenvalue weighted by Gasteiger charge is -2.10. The number of ether oxygens (including phenoxy) is 2. The van der Waals surface area contributed by atoms with Crippen molar-refractivity contribution in [2.24, 2.45) is 4.99 Å². The minimum absolute atomic E-state index is 0.0687. The second-order valence-electron chi connectivity index (χ2n) is 1.56. The molecular weight excluding hydrogens is 151 g/mol. The van der Waals surface area contributed by atoms with E-state index in [1.807, 2.05) is 0 Å². The van der Waals surface area contributed by atoms with Crippen molar-refractivity contribution in [2.75, 3.05) is 6.73 Å². The van der Waals surface area contributed by atoms with Crippen molar-refractivity contribution >= 4 is 6.21 Å². The molecule has 0 N–H and O–H groups in total. The van der Waals surface area contributed by atoms with Crippen molar-refractivity contribution in [3.63, 3.8) is 0 Å². The van der Waals surface area contributed by atoms with Crippen LogP contribution in [0.1, 0.15) is 0 Å². The molecule has 0 bridgehead atoms. The number of alkyl halides is 3. The second-order valence-corrected chi connectivity index (χ2v) is 1.56. The number of aliphatic imine (C=N–C) groups is 1. The summed E-state index contributed by atoms with van der Waals surface area (Å²) in [4.78, 5) is 3.38. The van der Waals surface area contributed by atoms with Gasteiger partial charge in [-0.1, -0.05) is 0 Å². The van der Waals surface area contributed by atoms with Gasteiger partial charge >= 0.3 is 6.36 Å². The first-order chi connectivity index (χ1) is 4.58. The minimum Gasteiger partial charge on any atom is -0.325 e. The quantitative estimate of drug-likeness (QED) is 0.563. The van der Waals surface area contributed by atoms with E-state index < -0.39 is 12.7 Å². The Bertz CT molecular complexity index is 144. The van der Waals surface area contributed by atoms with Crippen LogP contribution in [0.5, 0.6) is 0 Å². The summed E-state index contributed by atoms with van der Waals surface area (Å²) in [5.41, 5.74) is 0. The largest absolute Gasteiger partial charge is 0.525 e. The number of hydrogen-bond acceptors (Lipinski definition) is 3. The molecule has 1 unspecified atom stereocenters. The molecule has 3 nitrogen and oxygen atoms in total. The molecule has 1 aliphatic rings. The Balaban J connectivity index is 2.31. The standard InChI is InChI=1S/C4H4F3NO2/c5-4(6,7)10-3-1-8-2-9-3/h1,3H,2H2. The van der Waals surface area contributed by atoms with Crippen LogP contribution in [-0.2, 0) is 9.47 Å². The molecule has 10 heavy (non-hydrogen) atoms. The van der Waals surface area contributed by atoms with Gasteiger partial charge in [0.2, 0.25) is 6.29 Å². The fraction of sp³-hybridized carbons (Fsp3) is 0.750. The lowest BCUT2D eigenvalue weighted by Crippen LogP contribution is -2.24. The average molecular weight is 155 g/mol. The third-order valence-corrected chi connectivity index (χ3v) is 0.790. The molecule has 0 spiro atoms. The van der Waals surface area contributed by atoms with Crippen molar-refractivity contribution in [3.8, 4) is 0 Å². The smallest absolute Gasteiger partial charge is 0.325 e. The third-order valence-electron chi connectivity index (χ3n) is 0.790. The normalized spacial score (nSPS) is 25.7. The van der Waals surface area contributed by atoms with E-state index in [0.717, 1.165) is 6.21 Å². The molecule has 6 heteroatoms. The maximum atomic E-state index is 11.3. The van der Waals surface area contributed by atoms with E-state index in [-0.39, 0.29) is 6.73 Å². The van der Waals surface area contributed by atoms with Gasteiger partial charge in [0, 0.05) is 0 Å². The van der Waals surface area contributed by atoms with Gasteiger partial charge in [0.15, 0.2) is 0 Å². The predicted molar refractivity (Wildman–Crippen MR) is 25.4 cm³/mol. The van der Waals surface area contributed by atoms with Gasteiger partial charge in [0.1, 0.15) is 6.73 Å². The number of rotatable bonds is 1. The highest BCUT2D eigenvalue weighted by atomic mass is 19.4. The van der Waals surface area contributed by atoms with Crippen LogP contribution in [0.2, 0.25) is 0 Å². The molecule has 0 aromatic rings. The van der Waals surface area contributed by atoms with Gasteiger partial charge in [-0.3, -0.25) is 9.73 Å². The van der Waals surface area contributed by atoms with Crippen LogP contribution in [0.3, 0.4) is 0 Å². The Morgan fingerprint density at radius 2 is 2.30 bits per heavy atom.